The van der Waals surface area contributed by atoms with Crippen LogP contribution in [0, 0.1) is 10.1 Å². The fraction of sp³-hybridized carbons (Fsp3) is 0.312. The Balaban J connectivity index is 1.83. The minimum atomic E-state index is -0.414. The molecule has 2 aromatic rings. The van der Waals surface area contributed by atoms with Crippen molar-refractivity contribution in [3.8, 4) is 0 Å². The molecule has 120 valence electrons. The van der Waals surface area contributed by atoms with E-state index in [1.54, 1.807) is 17.4 Å². The number of benzene rings is 1. The molecule has 3 N–H and O–H groups in total. The summed E-state index contributed by atoms with van der Waals surface area (Å²) >= 11 is 1.57. The van der Waals surface area contributed by atoms with Crippen LogP contribution in [0.15, 0.2) is 24.3 Å². The second-order valence-corrected chi connectivity index (χ2v) is 6.67. The SMILES string of the molecule is NC(=O)c1c(NCc2cccc([N+](=O)[O-])c2)sc2c1CCCC2. The quantitative estimate of drug-likeness (QED) is 0.649. The van der Waals surface area contributed by atoms with Gasteiger partial charge in [0.1, 0.15) is 5.00 Å². The van der Waals surface area contributed by atoms with E-state index in [2.05, 4.69) is 5.32 Å². The van der Waals surface area contributed by atoms with Crippen molar-refractivity contribution in [2.75, 3.05) is 5.32 Å². The molecule has 0 saturated heterocycles. The van der Waals surface area contributed by atoms with E-state index in [0.29, 0.717) is 12.1 Å². The van der Waals surface area contributed by atoms with Crippen LogP contribution in [-0.2, 0) is 19.4 Å². The first kappa shape index (κ1) is 15.5. The molecule has 1 aromatic carbocycles. The number of nitrogens with one attached hydrogen (secondary N) is 1. The van der Waals surface area contributed by atoms with E-state index in [9.17, 15) is 14.9 Å². The molecule has 0 bridgehead atoms. The number of nitro groups is 1. The number of anilines is 1. The van der Waals surface area contributed by atoms with Crippen LogP contribution < -0.4 is 11.1 Å². The second kappa shape index (κ2) is 6.37. The Morgan fingerprint density at radius 2 is 2.13 bits per heavy atom. The third kappa shape index (κ3) is 3.19. The Labute approximate surface area is 137 Å². The van der Waals surface area contributed by atoms with Gasteiger partial charge in [-0.05, 0) is 36.8 Å². The summed E-state index contributed by atoms with van der Waals surface area (Å²) < 4.78 is 0. The zero-order valence-electron chi connectivity index (χ0n) is 12.5. The number of hydrogen-bond donors (Lipinski definition) is 2. The second-order valence-electron chi connectivity index (χ2n) is 5.56. The molecule has 6 nitrogen and oxygen atoms in total. The van der Waals surface area contributed by atoms with E-state index >= 15 is 0 Å². The molecule has 1 aromatic heterocycles. The molecule has 0 fully saturated rings. The van der Waals surface area contributed by atoms with Crippen LogP contribution in [0.4, 0.5) is 10.7 Å². The number of non-ortho nitro benzene ring substituents is 1. The maximum Gasteiger partial charge on any atom is 0.269 e. The first-order valence-electron chi connectivity index (χ1n) is 7.48. The smallest absolute Gasteiger partial charge is 0.269 e. The number of primary amides is 1. The van der Waals surface area contributed by atoms with Gasteiger partial charge in [0.15, 0.2) is 0 Å². The van der Waals surface area contributed by atoms with Crippen molar-refractivity contribution in [3.05, 3.63) is 55.9 Å². The minimum absolute atomic E-state index is 0.0601. The number of carbonyl (C=O) groups excluding carboxylic acids is 1. The molecular weight excluding hydrogens is 314 g/mol. The van der Waals surface area contributed by atoms with Crippen LogP contribution in [-0.4, -0.2) is 10.8 Å². The zero-order chi connectivity index (χ0) is 16.4. The summed E-state index contributed by atoms with van der Waals surface area (Å²) in [7, 11) is 0. The fourth-order valence-corrected chi connectivity index (χ4v) is 4.20. The summed E-state index contributed by atoms with van der Waals surface area (Å²) in [5, 5.41) is 14.8. The average molecular weight is 331 g/mol. The van der Waals surface area contributed by atoms with Crippen molar-refractivity contribution in [3.63, 3.8) is 0 Å². The summed E-state index contributed by atoms with van der Waals surface area (Å²) in [5.74, 6) is -0.411. The number of nitro benzene ring substituents is 1. The van der Waals surface area contributed by atoms with Crippen LogP contribution in [0.1, 0.15) is 39.2 Å². The molecular formula is C16H17N3O3S. The number of hydrogen-bond acceptors (Lipinski definition) is 5. The molecule has 0 aliphatic heterocycles. The average Bonchev–Trinajstić information content (AvgIpc) is 2.91. The van der Waals surface area contributed by atoms with Gasteiger partial charge in [-0.1, -0.05) is 12.1 Å². The highest BCUT2D eigenvalue weighted by Gasteiger charge is 2.23. The van der Waals surface area contributed by atoms with Gasteiger partial charge in [-0.2, -0.15) is 0 Å². The molecule has 0 atom stereocenters. The van der Waals surface area contributed by atoms with Gasteiger partial charge in [0.2, 0.25) is 0 Å². The van der Waals surface area contributed by atoms with Crippen molar-refractivity contribution in [2.24, 2.45) is 5.73 Å². The monoisotopic (exact) mass is 331 g/mol. The van der Waals surface area contributed by atoms with Crippen LogP contribution in [0.2, 0.25) is 0 Å². The number of carbonyl (C=O) groups is 1. The van der Waals surface area contributed by atoms with Gasteiger partial charge in [0, 0.05) is 23.6 Å². The lowest BCUT2D eigenvalue weighted by Crippen LogP contribution is -2.16. The van der Waals surface area contributed by atoms with Crippen LogP contribution in [0.5, 0.6) is 0 Å². The maximum atomic E-state index is 11.8. The van der Waals surface area contributed by atoms with E-state index in [-0.39, 0.29) is 5.69 Å². The fourth-order valence-electron chi connectivity index (χ4n) is 2.91. The van der Waals surface area contributed by atoms with Crippen LogP contribution >= 0.6 is 11.3 Å². The van der Waals surface area contributed by atoms with E-state index in [1.807, 2.05) is 6.07 Å². The summed E-state index contributed by atoms with van der Waals surface area (Å²) in [6.45, 7) is 0.418. The molecule has 0 radical (unpaired) electrons. The lowest BCUT2D eigenvalue weighted by atomic mass is 9.95. The Kier molecular flexibility index (Phi) is 4.29. The largest absolute Gasteiger partial charge is 0.372 e. The summed E-state index contributed by atoms with van der Waals surface area (Å²) in [6.07, 6.45) is 4.09. The van der Waals surface area contributed by atoms with Crippen molar-refractivity contribution in [1.29, 1.82) is 0 Å². The van der Waals surface area contributed by atoms with E-state index in [1.165, 1.54) is 17.0 Å². The Bertz CT molecular complexity index is 770. The molecule has 0 saturated carbocycles. The predicted octanol–water partition coefficient (Wildman–Crippen LogP) is 3.25. The van der Waals surface area contributed by atoms with Gasteiger partial charge in [0.25, 0.3) is 11.6 Å². The molecule has 1 aliphatic carbocycles. The van der Waals surface area contributed by atoms with E-state index in [0.717, 1.165) is 41.8 Å². The number of nitrogens with zero attached hydrogens (tertiary/aromatic N) is 1. The number of fused-ring (bicyclic) bond motifs is 1. The normalized spacial score (nSPS) is 13.4. The number of aryl methyl sites for hydroxylation is 1. The number of nitrogens with two attached hydrogens (primary N) is 1. The predicted molar refractivity (Wildman–Crippen MR) is 89.9 cm³/mol. The van der Waals surface area contributed by atoms with E-state index in [4.69, 9.17) is 5.73 Å². The van der Waals surface area contributed by atoms with Crippen LogP contribution in [0.25, 0.3) is 0 Å². The Morgan fingerprint density at radius 3 is 2.87 bits per heavy atom. The summed E-state index contributed by atoms with van der Waals surface area (Å²) in [6, 6.07) is 6.47. The van der Waals surface area contributed by atoms with Crippen molar-refractivity contribution < 1.29 is 9.72 Å². The highest BCUT2D eigenvalue weighted by Crippen LogP contribution is 2.38. The number of amides is 1. The highest BCUT2D eigenvalue weighted by atomic mass is 32.1. The lowest BCUT2D eigenvalue weighted by molar-refractivity contribution is -0.384. The third-order valence-electron chi connectivity index (χ3n) is 3.99. The molecule has 23 heavy (non-hydrogen) atoms. The Hall–Kier alpha value is -2.41. The molecule has 1 heterocycles. The first-order valence-corrected chi connectivity index (χ1v) is 8.29. The standard InChI is InChI=1S/C16H17N3O3S/c17-15(20)14-12-6-1-2-7-13(12)23-16(14)18-9-10-4-3-5-11(8-10)19(21)22/h3-5,8,18H,1-2,6-7,9H2,(H2,17,20). The van der Waals surface area contributed by atoms with Crippen molar-refractivity contribution in [2.45, 2.75) is 32.2 Å². The van der Waals surface area contributed by atoms with Crippen molar-refractivity contribution >= 4 is 27.9 Å². The highest BCUT2D eigenvalue weighted by molar-refractivity contribution is 7.16. The third-order valence-corrected chi connectivity index (χ3v) is 5.24. The number of thiophene rings is 1. The van der Waals surface area contributed by atoms with Crippen molar-refractivity contribution in [1.82, 2.24) is 0 Å². The molecule has 1 amide bonds. The zero-order valence-corrected chi connectivity index (χ0v) is 13.3. The molecule has 0 spiro atoms. The molecule has 1 aliphatic rings. The molecule has 7 heteroatoms. The lowest BCUT2D eigenvalue weighted by Gasteiger charge is -2.11. The van der Waals surface area contributed by atoms with Gasteiger partial charge < -0.3 is 11.1 Å². The minimum Gasteiger partial charge on any atom is -0.372 e. The topological polar surface area (TPSA) is 98.3 Å². The first-order chi connectivity index (χ1) is 11.1. The Morgan fingerprint density at radius 1 is 1.35 bits per heavy atom. The summed E-state index contributed by atoms with van der Waals surface area (Å²) in [5.41, 5.74) is 8.08. The maximum absolute atomic E-state index is 11.8. The summed E-state index contributed by atoms with van der Waals surface area (Å²) in [4.78, 5) is 23.5. The van der Waals surface area contributed by atoms with Gasteiger partial charge in [-0.25, -0.2) is 0 Å². The van der Waals surface area contributed by atoms with Gasteiger partial charge in [-0.15, -0.1) is 11.3 Å². The molecule has 0 unspecified atom stereocenters. The van der Waals surface area contributed by atoms with Gasteiger partial charge in [-0.3, -0.25) is 14.9 Å². The molecule has 3 rings (SSSR count). The van der Waals surface area contributed by atoms with Gasteiger partial charge >= 0.3 is 0 Å². The van der Waals surface area contributed by atoms with Crippen LogP contribution in [0.3, 0.4) is 0 Å². The number of rotatable bonds is 5. The van der Waals surface area contributed by atoms with Gasteiger partial charge in [0.05, 0.1) is 10.5 Å². The van der Waals surface area contributed by atoms with E-state index < -0.39 is 10.8 Å².